The van der Waals surface area contributed by atoms with Crippen LogP contribution in [-0.4, -0.2) is 28.2 Å². The van der Waals surface area contributed by atoms with Gasteiger partial charge in [0.1, 0.15) is 11.1 Å². The first-order valence-electron chi connectivity index (χ1n) is 7.78. The first-order valence-corrected chi connectivity index (χ1v) is 8.77. The Morgan fingerprint density at radius 1 is 1.15 bits per heavy atom. The molecule has 132 valence electrons. The van der Waals surface area contributed by atoms with Crippen molar-refractivity contribution in [3.8, 4) is 6.07 Å². The highest BCUT2D eigenvalue weighted by Gasteiger charge is 2.15. The highest BCUT2D eigenvalue weighted by atomic mass is 32.2. The third kappa shape index (κ3) is 4.55. The quantitative estimate of drug-likeness (QED) is 0.620. The van der Waals surface area contributed by atoms with Crippen molar-refractivity contribution >= 4 is 34.9 Å². The molecule has 0 aliphatic rings. The molecule has 1 amide bonds. The third-order valence-corrected chi connectivity index (χ3v) is 4.59. The van der Waals surface area contributed by atoms with Crippen molar-refractivity contribution in [3.63, 3.8) is 0 Å². The van der Waals surface area contributed by atoms with Gasteiger partial charge in [-0.05, 0) is 39.0 Å². The highest BCUT2D eigenvalue weighted by molar-refractivity contribution is 8.00. The maximum absolute atomic E-state index is 12.2. The minimum Gasteiger partial charge on any atom is -0.325 e. The maximum Gasteiger partial charge on any atom is 0.234 e. The minimum atomic E-state index is -0.317. The molecule has 0 aliphatic carbocycles. The Bertz CT molecular complexity index is 932. The number of thioether (sulfide) groups is 1. The molecule has 0 aliphatic heterocycles. The lowest BCUT2D eigenvalue weighted by atomic mass is 10.1. The van der Waals surface area contributed by atoms with E-state index >= 15 is 0 Å². The maximum atomic E-state index is 12.2. The molecule has 1 N–H and O–H groups in total. The number of benzene rings is 1. The summed E-state index contributed by atoms with van der Waals surface area (Å²) in [5.41, 5.74) is 2.04. The monoisotopic (exact) mass is 367 g/mol. The molecule has 1 heterocycles. The van der Waals surface area contributed by atoms with E-state index in [0.29, 0.717) is 27.5 Å². The zero-order chi connectivity index (χ0) is 19.3. The van der Waals surface area contributed by atoms with Crippen molar-refractivity contribution in [1.82, 2.24) is 4.98 Å². The van der Waals surface area contributed by atoms with Gasteiger partial charge < -0.3 is 5.32 Å². The molecule has 2 rings (SSSR count). The Morgan fingerprint density at radius 2 is 1.81 bits per heavy atom. The molecule has 0 spiro atoms. The molecule has 6 nitrogen and oxygen atoms in total. The molecule has 0 saturated heterocycles. The van der Waals surface area contributed by atoms with Crippen molar-refractivity contribution < 1.29 is 14.4 Å². The number of carbonyl (C=O) groups excluding carboxylic acids is 3. The standard InChI is InChI=1S/C19H17N3O3S/c1-11-16(13(3)24)8-14(9-20)19(21-11)26-10-18(25)22-17-7-5-4-6-15(17)12(2)23/h4-8H,10H2,1-3H3,(H,22,25). The fourth-order valence-electron chi connectivity index (χ4n) is 2.35. The van der Waals surface area contributed by atoms with Crippen LogP contribution in [0.25, 0.3) is 0 Å². The van der Waals surface area contributed by atoms with Crippen LogP contribution in [0.15, 0.2) is 35.4 Å². The van der Waals surface area contributed by atoms with Gasteiger partial charge in [-0.15, -0.1) is 0 Å². The topological polar surface area (TPSA) is 99.9 Å². The number of pyridine rings is 1. The summed E-state index contributed by atoms with van der Waals surface area (Å²) >= 11 is 1.11. The number of hydrogen-bond donors (Lipinski definition) is 1. The van der Waals surface area contributed by atoms with Crippen LogP contribution < -0.4 is 5.32 Å². The number of amides is 1. The largest absolute Gasteiger partial charge is 0.325 e. The molecular weight excluding hydrogens is 350 g/mol. The van der Waals surface area contributed by atoms with Crippen LogP contribution in [0.2, 0.25) is 0 Å². The average Bonchev–Trinajstić information content (AvgIpc) is 2.60. The van der Waals surface area contributed by atoms with Gasteiger partial charge in [0.05, 0.1) is 17.0 Å². The lowest BCUT2D eigenvalue weighted by Gasteiger charge is -2.10. The van der Waals surface area contributed by atoms with Crippen molar-refractivity contribution in [3.05, 3.63) is 52.7 Å². The fourth-order valence-corrected chi connectivity index (χ4v) is 3.15. The Labute approximate surface area is 155 Å². The van der Waals surface area contributed by atoms with Gasteiger partial charge in [-0.25, -0.2) is 4.98 Å². The Hall–Kier alpha value is -2.98. The summed E-state index contributed by atoms with van der Waals surface area (Å²) in [6, 6.07) is 10.3. The molecule has 1 aromatic heterocycles. The summed E-state index contributed by atoms with van der Waals surface area (Å²) in [6.07, 6.45) is 0. The number of nitriles is 1. The van der Waals surface area contributed by atoms with Crippen LogP contribution >= 0.6 is 11.8 Å². The Kier molecular flexibility index (Phi) is 6.26. The van der Waals surface area contributed by atoms with Crippen molar-refractivity contribution in [1.29, 1.82) is 5.26 Å². The van der Waals surface area contributed by atoms with Crippen molar-refractivity contribution in [2.24, 2.45) is 0 Å². The number of hydrogen-bond acceptors (Lipinski definition) is 6. The van der Waals surface area contributed by atoms with E-state index in [2.05, 4.69) is 10.3 Å². The number of carbonyl (C=O) groups is 3. The van der Waals surface area contributed by atoms with Crippen LogP contribution in [0.4, 0.5) is 5.69 Å². The fraction of sp³-hybridized carbons (Fsp3) is 0.211. The summed E-state index contributed by atoms with van der Waals surface area (Å²) in [7, 11) is 0. The molecule has 0 atom stereocenters. The van der Waals surface area contributed by atoms with Crippen LogP contribution in [-0.2, 0) is 4.79 Å². The summed E-state index contributed by atoms with van der Waals surface area (Å²) in [5, 5.41) is 12.4. The normalized spacial score (nSPS) is 10.1. The van der Waals surface area contributed by atoms with Gasteiger partial charge in [-0.3, -0.25) is 14.4 Å². The molecule has 0 unspecified atom stereocenters. The van der Waals surface area contributed by atoms with Crippen LogP contribution in [0.1, 0.15) is 45.8 Å². The number of nitrogens with zero attached hydrogens (tertiary/aromatic N) is 2. The molecule has 26 heavy (non-hydrogen) atoms. The van der Waals surface area contributed by atoms with E-state index in [9.17, 15) is 19.6 Å². The number of ketones is 2. The summed E-state index contributed by atoms with van der Waals surface area (Å²) in [6.45, 7) is 4.53. The summed E-state index contributed by atoms with van der Waals surface area (Å²) in [5.74, 6) is -0.603. The number of Topliss-reactive ketones (excluding diaryl/α,β-unsaturated/α-hetero) is 2. The zero-order valence-electron chi connectivity index (χ0n) is 14.6. The second kappa shape index (κ2) is 8.41. The van der Waals surface area contributed by atoms with E-state index in [-0.39, 0.29) is 28.8 Å². The average molecular weight is 367 g/mol. The van der Waals surface area contributed by atoms with E-state index in [1.54, 1.807) is 31.2 Å². The zero-order valence-corrected chi connectivity index (χ0v) is 15.4. The lowest BCUT2D eigenvalue weighted by Crippen LogP contribution is -2.16. The van der Waals surface area contributed by atoms with E-state index in [4.69, 9.17) is 0 Å². The van der Waals surface area contributed by atoms with Gasteiger partial charge in [0.2, 0.25) is 5.91 Å². The van der Waals surface area contributed by atoms with Crippen molar-refractivity contribution in [2.45, 2.75) is 25.8 Å². The number of para-hydroxylation sites is 1. The second-order valence-corrected chi connectivity index (χ2v) is 6.54. The van der Waals surface area contributed by atoms with E-state index in [1.165, 1.54) is 19.9 Å². The number of aryl methyl sites for hydroxylation is 1. The van der Waals surface area contributed by atoms with Crippen LogP contribution in [0.5, 0.6) is 0 Å². The first-order chi connectivity index (χ1) is 12.3. The first kappa shape index (κ1) is 19.3. The molecular formula is C19H17N3O3S. The number of nitrogens with one attached hydrogen (secondary N) is 1. The highest BCUT2D eigenvalue weighted by Crippen LogP contribution is 2.24. The van der Waals surface area contributed by atoms with Gasteiger partial charge in [0.15, 0.2) is 11.6 Å². The van der Waals surface area contributed by atoms with Gasteiger partial charge in [-0.2, -0.15) is 5.26 Å². The number of aromatic nitrogens is 1. The second-order valence-electron chi connectivity index (χ2n) is 5.58. The molecule has 2 aromatic rings. The number of rotatable bonds is 6. The molecule has 0 fully saturated rings. The lowest BCUT2D eigenvalue weighted by molar-refractivity contribution is -0.113. The van der Waals surface area contributed by atoms with Gasteiger partial charge in [0.25, 0.3) is 0 Å². The predicted molar refractivity (Wildman–Crippen MR) is 99.5 cm³/mol. The van der Waals surface area contributed by atoms with Crippen LogP contribution in [0, 0.1) is 18.3 Å². The van der Waals surface area contributed by atoms with E-state index < -0.39 is 0 Å². The molecule has 0 saturated carbocycles. The summed E-state index contributed by atoms with van der Waals surface area (Å²) in [4.78, 5) is 39.6. The molecule has 0 bridgehead atoms. The van der Waals surface area contributed by atoms with E-state index in [1.807, 2.05) is 6.07 Å². The van der Waals surface area contributed by atoms with Gasteiger partial charge in [0, 0.05) is 16.8 Å². The third-order valence-electron chi connectivity index (χ3n) is 3.60. The van der Waals surface area contributed by atoms with Gasteiger partial charge in [-0.1, -0.05) is 23.9 Å². The van der Waals surface area contributed by atoms with E-state index in [0.717, 1.165) is 11.8 Å². The van der Waals surface area contributed by atoms with Crippen LogP contribution in [0.3, 0.4) is 0 Å². The summed E-state index contributed by atoms with van der Waals surface area (Å²) < 4.78 is 0. The van der Waals surface area contributed by atoms with Gasteiger partial charge >= 0.3 is 0 Å². The number of anilines is 1. The Morgan fingerprint density at radius 3 is 2.42 bits per heavy atom. The Balaban J connectivity index is 2.13. The smallest absolute Gasteiger partial charge is 0.234 e. The molecule has 1 aromatic carbocycles. The van der Waals surface area contributed by atoms with Crippen molar-refractivity contribution in [2.75, 3.05) is 11.1 Å². The molecule has 7 heteroatoms. The molecule has 0 radical (unpaired) electrons. The SMILES string of the molecule is CC(=O)c1ccccc1NC(=O)CSc1nc(C)c(C(C)=O)cc1C#N. The minimum absolute atomic E-state index is 0.0206. The predicted octanol–water partition coefficient (Wildman–Crippen LogP) is 3.40.